The number of ether oxygens (including phenoxy) is 1. The SMILES string of the molecule is O=C(COC(=O)c1ccc(-c2ncc[nH]2)cc1)Nc1ccccn1. The van der Waals surface area contributed by atoms with Gasteiger partial charge in [-0.1, -0.05) is 18.2 Å². The molecule has 0 aliphatic rings. The molecule has 1 amide bonds. The summed E-state index contributed by atoms with van der Waals surface area (Å²) < 4.78 is 4.99. The molecule has 120 valence electrons. The first-order valence-electron chi connectivity index (χ1n) is 7.20. The number of carbonyl (C=O) groups is 2. The van der Waals surface area contributed by atoms with E-state index in [1.165, 1.54) is 0 Å². The quantitative estimate of drug-likeness (QED) is 0.702. The van der Waals surface area contributed by atoms with Gasteiger partial charge in [-0.2, -0.15) is 0 Å². The smallest absolute Gasteiger partial charge is 0.338 e. The second kappa shape index (κ2) is 7.19. The molecule has 2 heterocycles. The Hall–Kier alpha value is -3.48. The van der Waals surface area contributed by atoms with Crippen LogP contribution in [0.1, 0.15) is 10.4 Å². The average Bonchev–Trinajstić information content (AvgIpc) is 3.15. The van der Waals surface area contributed by atoms with Gasteiger partial charge in [0, 0.05) is 24.2 Å². The number of nitrogens with zero attached hydrogens (tertiary/aromatic N) is 2. The number of rotatable bonds is 5. The Kier molecular flexibility index (Phi) is 4.62. The molecular formula is C17H14N4O3. The predicted octanol–water partition coefficient (Wildman–Crippen LogP) is 2.27. The van der Waals surface area contributed by atoms with Crippen LogP contribution in [0.25, 0.3) is 11.4 Å². The van der Waals surface area contributed by atoms with Crippen LogP contribution in [0.15, 0.2) is 61.1 Å². The molecule has 0 atom stereocenters. The summed E-state index contributed by atoms with van der Waals surface area (Å²) in [6.45, 7) is -0.380. The maximum Gasteiger partial charge on any atom is 0.338 e. The summed E-state index contributed by atoms with van der Waals surface area (Å²) >= 11 is 0. The van der Waals surface area contributed by atoms with Crippen LogP contribution in [-0.2, 0) is 9.53 Å². The number of hydrogen-bond donors (Lipinski definition) is 2. The van der Waals surface area contributed by atoms with E-state index in [9.17, 15) is 9.59 Å². The van der Waals surface area contributed by atoms with Gasteiger partial charge in [0.2, 0.25) is 0 Å². The third-order valence-corrected chi connectivity index (χ3v) is 3.16. The number of amides is 1. The summed E-state index contributed by atoms with van der Waals surface area (Å²) in [6.07, 6.45) is 4.93. The molecule has 2 aromatic heterocycles. The third kappa shape index (κ3) is 3.83. The summed E-state index contributed by atoms with van der Waals surface area (Å²) in [7, 11) is 0. The van der Waals surface area contributed by atoms with Gasteiger partial charge in [-0.15, -0.1) is 0 Å². The van der Waals surface area contributed by atoms with Gasteiger partial charge in [0.25, 0.3) is 5.91 Å². The normalized spacial score (nSPS) is 10.2. The molecule has 7 nitrogen and oxygen atoms in total. The zero-order chi connectivity index (χ0) is 16.8. The van der Waals surface area contributed by atoms with Gasteiger partial charge in [-0.25, -0.2) is 14.8 Å². The first kappa shape index (κ1) is 15.4. The lowest BCUT2D eigenvalue weighted by Gasteiger charge is -2.06. The van der Waals surface area contributed by atoms with Crippen molar-refractivity contribution < 1.29 is 14.3 Å². The molecule has 0 saturated carbocycles. The van der Waals surface area contributed by atoms with E-state index in [1.807, 2.05) is 0 Å². The van der Waals surface area contributed by atoms with E-state index in [-0.39, 0.29) is 6.61 Å². The Morgan fingerprint density at radius 1 is 1.04 bits per heavy atom. The predicted molar refractivity (Wildman–Crippen MR) is 87.2 cm³/mol. The standard InChI is InChI=1S/C17H14N4O3/c22-15(21-14-3-1-2-8-18-14)11-24-17(23)13-6-4-12(5-7-13)16-19-9-10-20-16/h1-10H,11H2,(H,19,20)(H,18,21,22). The van der Waals surface area contributed by atoms with Crippen molar-refractivity contribution in [3.63, 3.8) is 0 Å². The molecule has 7 heteroatoms. The topological polar surface area (TPSA) is 97.0 Å². The fourth-order valence-corrected chi connectivity index (χ4v) is 2.02. The average molecular weight is 322 g/mol. The number of benzene rings is 1. The summed E-state index contributed by atoms with van der Waals surface area (Å²) in [6, 6.07) is 11.9. The Bertz CT molecular complexity index is 815. The summed E-state index contributed by atoms with van der Waals surface area (Å²) in [5.41, 5.74) is 1.21. The van der Waals surface area contributed by atoms with Gasteiger partial charge < -0.3 is 15.0 Å². The minimum Gasteiger partial charge on any atom is -0.452 e. The number of imidazole rings is 1. The van der Waals surface area contributed by atoms with Crippen molar-refractivity contribution in [3.8, 4) is 11.4 Å². The molecular weight excluding hydrogens is 308 g/mol. The molecule has 0 aliphatic carbocycles. The zero-order valence-electron chi connectivity index (χ0n) is 12.6. The first-order valence-corrected chi connectivity index (χ1v) is 7.20. The van der Waals surface area contributed by atoms with Crippen LogP contribution < -0.4 is 5.32 Å². The second-order valence-corrected chi connectivity index (χ2v) is 4.85. The second-order valence-electron chi connectivity index (χ2n) is 4.85. The maximum absolute atomic E-state index is 12.0. The molecule has 0 unspecified atom stereocenters. The monoisotopic (exact) mass is 322 g/mol. The van der Waals surface area contributed by atoms with Crippen LogP contribution in [0.3, 0.4) is 0 Å². The van der Waals surface area contributed by atoms with Crippen molar-refractivity contribution in [1.29, 1.82) is 0 Å². The molecule has 0 bridgehead atoms. The number of esters is 1. The summed E-state index contributed by atoms with van der Waals surface area (Å²) in [4.78, 5) is 34.7. The number of aromatic nitrogens is 3. The number of pyridine rings is 1. The molecule has 24 heavy (non-hydrogen) atoms. The zero-order valence-corrected chi connectivity index (χ0v) is 12.6. The lowest BCUT2D eigenvalue weighted by Crippen LogP contribution is -2.21. The van der Waals surface area contributed by atoms with Gasteiger partial charge >= 0.3 is 5.97 Å². The lowest BCUT2D eigenvalue weighted by molar-refractivity contribution is -0.119. The molecule has 0 saturated heterocycles. The third-order valence-electron chi connectivity index (χ3n) is 3.16. The van der Waals surface area contributed by atoms with E-state index in [1.54, 1.807) is 61.1 Å². The van der Waals surface area contributed by atoms with Gasteiger partial charge in [-0.3, -0.25) is 4.79 Å². The van der Waals surface area contributed by atoms with E-state index in [0.717, 1.165) is 5.56 Å². The van der Waals surface area contributed by atoms with E-state index >= 15 is 0 Å². The molecule has 0 aliphatic heterocycles. The van der Waals surface area contributed by atoms with E-state index in [0.29, 0.717) is 17.2 Å². The van der Waals surface area contributed by atoms with Crippen LogP contribution in [0, 0.1) is 0 Å². The van der Waals surface area contributed by atoms with Crippen molar-refractivity contribution >= 4 is 17.7 Å². The number of nitrogens with one attached hydrogen (secondary N) is 2. The Balaban J connectivity index is 1.54. The largest absolute Gasteiger partial charge is 0.452 e. The molecule has 0 spiro atoms. The van der Waals surface area contributed by atoms with Crippen molar-refractivity contribution in [1.82, 2.24) is 15.0 Å². The highest BCUT2D eigenvalue weighted by molar-refractivity contribution is 5.95. The van der Waals surface area contributed by atoms with Gasteiger partial charge in [0.05, 0.1) is 5.56 Å². The molecule has 3 rings (SSSR count). The fourth-order valence-electron chi connectivity index (χ4n) is 2.02. The van der Waals surface area contributed by atoms with Gasteiger partial charge in [0.15, 0.2) is 6.61 Å². The summed E-state index contributed by atoms with van der Waals surface area (Å²) in [5.74, 6) is 0.0948. The van der Waals surface area contributed by atoms with Crippen molar-refractivity contribution in [2.75, 3.05) is 11.9 Å². The Morgan fingerprint density at radius 3 is 2.54 bits per heavy atom. The Morgan fingerprint density at radius 2 is 1.88 bits per heavy atom. The first-order chi connectivity index (χ1) is 11.7. The minimum absolute atomic E-state index is 0.357. The molecule has 0 radical (unpaired) electrons. The minimum atomic E-state index is -0.572. The van der Waals surface area contributed by atoms with E-state index in [2.05, 4.69) is 20.3 Å². The van der Waals surface area contributed by atoms with Crippen LogP contribution in [0.5, 0.6) is 0 Å². The van der Waals surface area contributed by atoms with Crippen LogP contribution in [-0.4, -0.2) is 33.4 Å². The van der Waals surface area contributed by atoms with Crippen LogP contribution in [0.4, 0.5) is 5.82 Å². The van der Waals surface area contributed by atoms with Gasteiger partial charge in [-0.05, 0) is 24.3 Å². The number of carbonyl (C=O) groups excluding carboxylic acids is 2. The molecule has 0 fully saturated rings. The van der Waals surface area contributed by atoms with Crippen LogP contribution in [0.2, 0.25) is 0 Å². The Labute approximate surface area is 137 Å². The molecule has 2 N–H and O–H groups in total. The van der Waals surface area contributed by atoms with Crippen LogP contribution >= 0.6 is 0 Å². The fraction of sp³-hybridized carbons (Fsp3) is 0.0588. The highest BCUT2D eigenvalue weighted by Crippen LogP contribution is 2.15. The number of aromatic amines is 1. The highest BCUT2D eigenvalue weighted by atomic mass is 16.5. The van der Waals surface area contributed by atoms with E-state index in [4.69, 9.17) is 4.74 Å². The number of anilines is 1. The van der Waals surface area contributed by atoms with E-state index < -0.39 is 11.9 Å². The molecule has 3 aromatic rings. The molecule has 1 aromatic carbocycles. The van der Waals surface area contributed by atoms with Gasteiger partial charge in [0.1, 0.15) is 11.6 Å². The van der Waals surface area contributed by atoms with Crippen molar-refractivity contribution in [2.24, 2.45) is 0 Å². The number of H-pyrrole nitrogens is 1. The summed E-state index contributed by atoms with van der Waals surface area (Å²) in [5, 5.41) is 2.54. The maximum atomic E-state index is 12.0. The van der Waals surface area contributed by atoms with Crippen molar-refractivity contribution in [3.05, 3.63) is 66.6 Å². The van der Waals surface area contributed by atoms with Crippen molar-refractivity contribution in [2.45, 2.75) is 0 Å². The lowest BCUT2D eigenvalue weighted by atomic mass is 10.1. The highest BCUT2D eigenvalue weighted by Gasteiger charge is 2.11. The number of hydrogen-bond acceptors (Lipinski definition) is 5.